The maximum Gasteiger partial charge on any atom is 0.276 e. The fraction of sp³-hybridized carbons (Fsp3) is 0.286. The highest BCUT2D eigenvalue weighted by atomic mass is 79.9. The van der Waals surface area contributed by atoms with Crippen molar-refractivity contribution < 1.29 is 19.1 Å². The molecule has 0 bridgehead atoms. The van der Waals surface area contributed by atoms with Crippen molar-refractivity contribution in [1.29, 1.82) is 0 Å². The van der Waals surface area contributed by atoms with Crippen molar-refractivity contribution in [2.24, 2.45) is 5.92 Å². The number of hydrazine groups is 1. The van der Waals surface area contributed by atoms with Crippen molar-refractivity contribution >= 4 is 61.0 Å². The van der Waals surface area contributed by atoms with E-state index in [1.807, 2.05) is 19.1 Å². The summed E-state index contributed by atoms with van der Waals surface area (Å²) in [6.07, 6.45) is 0. The Balaban J connectivity index is 1.77. The summed E-state index contributed by atoms with van der Waals surface area (Å²) >= 11 is 11.8. The van der Waals surface area contributed by atoms with Gasteiger partial charge in [-0.2, -0.15) is 0 Å². The lowest BCUT2D eigenvalue weighted by Crippen LogP contribution is -2.49. The van der Waals surface area contributed by atoms with E-state index in [9.17, 15) is 9.59 Å². The lowest BCUT2D eigenvalue weighted by atomic mass is 10.2. The van der Waals surface area contributed by atoms with Gasteiger partial charge in [0.2, 0.25) is 0 Å². The first-order valence-corrected chi connectivity index (χ1v) is 11.4. The van der Waals surface area contributed by atoms with Crippen LogP contribution in [-0.2, 0) is 4.79 Å². The van der Waals surface area contributed by atoms with Gasteiger partial charge in [0, 0.05) is 10.0 Å². The smallest absolute Gasteiger partial charge is 0.276 e. The number of ether oxygens (including phenoxy) is 2. The molecule has 0 atom stereocenters. The van der Waals surface area contributed by atoms with E-state index in [1.54, 1.807) is 24.3 Å². The third-order valence-corrected chi connectivity index (χ3v) is 5.04. The van der Waals surface area contributed by atoms with Crippen molar-refractivity contribution in [1.82, 2.24) is 16.2 Å². The molecule has 31 heavy (non-hydrogen) atoms. The monoisotopic (exact) mass is 571 g/mol. The largest absolute Gasteiger partial charge is 0.493 e. The summed E-state index contributed by atoms with van der Waals surface area (Å²) < 4.78 is 12.8. The molecule has 0 spiro atoms. The van der Waals surface area contributed by atoms with Crippen LogP contribution in [0, 0.1) is 12.8 Å². The Morgan fingerprint density at radius 2 is 1.74 bits per heavy atom. The van der Waals surface area contributed by atoms with Crippen LogP contribution < -0.4 is 25.6 Å². The molecule has 0 saturated heterocycles. The number of hydrogen-bond donors (Lipinski definition) is 3. The van der Waals surface area contributed by atoms with E-state index in [2.05, 4.69) is 61.9 Å². The predicted molar refractivity (Wildman–Crippen MR) is 130 cm³/mol. The number of thiocarbonyl (C=S) groups is 1. The summed E-state index contributed by atoms with van der Waals surface area (Å²) in [6.45, 7) is 6.35. The van der Waals surface area contributed by atoms with E-state index in [4.69, 9.17) is 21.7 Å². The number of rotatable bonds is 7. The van der Waals surface area contributed by atoms with E-state index in [-0.39, 0.29) is 11.7 Å². The molecule has 0 aromatic heterocycles. The van der Waals surface area contributed by atoms with E-state index in [0.29, 0.717) is 29.6 Å². The second kappa shape index (κ2) is 12.0. The standard InChI is InChI=1S/C21H23Br2N3O4S/c1-12(2)10-29-16-6-4-14(5-7-16)20(28)24-21(31)26-25-18(27)11-30-19-13(3)8-15(22)9-17(19)23/h4-9,12H,10-11H2,1-3H3,(H,25,27)(H2,24,26,28,31). The molecule has 0 saturated carbocycles. The van der Waals surface area contributed by atoms with Crippen LogP contribution in [-0.4, -0.2) is 30.1 Å². The van der Waals surface area contributed by atoms with Gasteiger partial charge in [-0.05, 0) is 83.0 Å². The predicted octanol–water partition coefficient (Wildman–Crippen LogP) is 4.27. The van der Waals surface area contributed by atoms with Crippen LogP contribution in [0.1, 0.15) is 29.8 Å². The summed E-state index contributed by atoms with van der Waals surface area (Å²) in [5.74, 6) is 0.790. The van der Waals surface area contributed by atoms with Crippen molar-refractivity contribution in [2.45, 2.75) is 20.8 Å². The highest BCUT2D eigenvalue weighted by molar-refractivity contribution is 9.11. The Morgan fingerprint density at radius 1 is 1.06 bits per heavy atom. The first kappa shape index (κ1) is 25.1. The van der Waals surface area contributed by atoms with Crippen molar-refractivity contribution in [3.05, 3.63) is 56.5 Å². The van der Waals surface area contributed by atoms with Gasteiger partial charge in [-0.3, -0.25) is 25.8 Å². The van der Waals surface area contributed by atoms with Crippen LogP contribution >= 0.6 is 44.1 Å². The van der Waals surface area contributed by atoms with Crippen molar-refractivity contribution in [3.63, 3.8) is 0 Å². The Labute approximate surface area is 203 Å². The molecule has 0 heterocycles. The number of carbonyl (C=O) groups excluding carboxylic acids is 2. The van der Waals surface area contributed by atoms with E-state index in [0.717, 1.165) is 14.5 Å². The van der Waals surface area contributed by atoms with E-state index >= 15 is 0 Å². The highest BCUT2D eigenvalue weighted by Crippen LogP contribution is 2.32. The lowest BCUT2D eigenvalue weighted by molar-refractivity contribution is -0.123. The van der Waals surface area contributed by atoms with Crippen molar-refractivity contribution in [3.8, 4) is 11.5 Å². The maximum atomic E-state index is 12.3. The zero-order chi connectivity index (χ0) is 23.0. The highest BCUT2D eigenvalue weighted by Gasteiger charge is 2.11. The normalized spacial score (nSPS) is 10.4. The molecule has 2 aromatic rings. The first-order chi connectivity index (χ1) is 14.7. The van der Waals surface area contributed by atoms with Gasteiger partial charge in [0.15, 0.2) is 11.7 Å². The number of carbonyl (C=O) groups is 2. The zero-order valence-electron chi connectivity index (χ0n) is 17.3. The third-order valence-electron chi connectivity index (χ3n) is 3.78. The second-order valence-electron chi connectivity index (χ2n) is 7.01. The zero-order valence-corrected chi connectivity index (χ0v) is 21.2. The van der Waals surface area contributed by atoms with Gasteiger partial charge in [0.05, 0.1) is 11.1 Å². The Morgan fingerprint density at radius 3 is 2.35 bits per heavy atom. The van der Waals surface area contributed by atoms with Gasteiger partial charge >= 0.3 is 0 Å². The van der Waals surface area contributed by atoms with Crippen molar-refractivity contribution in [2.75, 3.05) is 13.2 Å². The van der Waals surface area contributed by atoms with Gasteiger partial charge in [-0.15, -0.1) is 0 Å². The third kappa shape index (κ3) is 8.47. The van der Waals surface area contributed by atoms with Gasteiger partial charge in [-0.1, -0.05) is 29.8 Å². The Hall–Kier alpha value is -2.17. The average Bonchev–Trinajstić information content (AvgIpc) is 2.70. The quantitative estimate of drug-likeness (QED) is 0.339. The van der Waals surface area contributed by atoms with Crippen LogP contribution in [0.3, 0.4) is 0 Å². The van der Waals surface area contributed by atoms with Crippen LogP contribution in [0.2, 0.25) is 0 Å². The molecule has 2 rings (SSSR count). The summed E-state index contributed by atoms with van der Waals surface area (Å²) in [7, 11) is 0. The van der Waals surface area contributed by atoms with Crippen LogP contribution in [0.4, 0.5) is 0 Å². The van der Waals surface area contributed by atoms with E-state index < -0.39 is 11.8 Å². The molecule has 166 valence electrons. The summed E-state index contributed by atoms with van der Waals surface area (Å²) in [4.78, 5) is 24.3. The topological polar surface area (TPSA) is 88.7 Å². The summed E-state index contributed by atoms with van der Waals surface area (Å²) in [6, 6.07) is 10.4. The minimum Gasteiger partial charge on any atom is -0.493 e. The van der Waals surface area contributed by atoms with Gasteiger partial charge in [0.1, 0.15) is 11.5 Å². The molecule has 0 aliphatic rings. The number of nitrogens with one attached hydrogen (secondary N) is 3. The Bertz CT molecular complexity index is 929. The number of benzene rings is 2. The minimum atomic E-state index is -0.461. The molecule has 2 amide bonds. The maximum absolute atomic E-state index is 12.3. The average molecular weight is 573 g/mol. The molecule has 3 N–H and O–H groups in total. The molecule has 2 aromatic carbocycles. The molecule has 0 aliphatic heterocycles. The first-order valence-electron chi connectivity index (χ1n) is 9.37. The molecule has 0 aliphatic carbocycles. The fourth-order valence-electron chi connectivity index (χ4n) is 2.34. The molecule has 10 heteroatoms. The lowest BCUT2D eigenvalue weighted by Gasteiger charge is -2.13. The summed E-state index contributed by atoms with van der Waals surface area (Å²) in [5.41, 5.74) is 6.13. The summed E-state index contributed by atoms with van der Waals surface area (Å²) in [5, 5.41) is 2.45. The SMILES string of the molecule is Cc1cc(Br)cc(Br)c1OCC(=O)NNC(=S)NC(=O)c1ccc(OCC(C)C)cc1. The number of hydrogen-bond acceptors (Lipinski definition) is 5. The van der Waals surface area contributed by atoms with Gasteiger partial charge < -0.3 is 9.47 Å². The molecular weight excluding hydrogens is 550 g/mol. The van der Waals surface area contributed by atoms with Gasteiger partial charge in [-0.25, -0.2) is 0 Å². The Kier molecular flexibility index (Phi) is 9.73. The molecule has 0 unspecified atom stereocenters. The fourth-order valence-corrected chi connectivity index (χ4v) is 4.04. The van der Waals surface area contributed by atoms with Crippen LogP contribution in [0.5, 0.6) is 11.5 Å². The second-order valence-corrected chi connectivity index (χ2v) is 9.19. The number of halogens is 2. The molecule has 0 radical (unpaired) electrons. The number of aryl methyl sites for hydroxylation is 1. The van der Waals surface area contributed by atoms with Crippen LogP contribution in [0.15, 0.2) is 45.3 Å². The van der Waals surface area contributed by atoms with Gasteiger partial charge in [0.25, 0.3) is 11.8 Å². The molecular formula is C21H23Br2N3O4S. The van der Waals surface area contributed by atoms with E-state index in [1.165, 1.54) is 0 Å². The number of amides is 2. The van der Waals surface area contributed by atoms with Crippen LogP contribution in [0.25, 0.3) is 0 Å². The molecule has 7 nitrogen and oxygen atoms in total. The minimum absolute atomic E-state index is 0.0421. The molecule has 0 fully saturated rings.